The van der Waals surface area contributed by atoms with Gasteiger partial charge in [-0.1, -0.05) is 23.7 Å². The van der Waals surface area contributed by atoms with Crippen LogP contribution in [-0.2, 0) is 0 Å². The van der Waals surface area contributed by atoms with Crippen LogP contribution in [0, 0.1) is 5.82 Å². The van der Waals surface area contributed by atoms with Crippen molar-refractivity contribution in [2.45, 2.75) is 6.18 Å². The minimum Gasteiger partial charge on any atom is -0.454 e. The van der Waals surface area contributed by atoms with Gasteiger partial charge in [0, 0.05) is 16.0 Å². The summed E-state index contributed by atoms with van der Waals surface area (Å²) >= 11 is 5.95. The van der Waals surface area contributed by atoms with Crippen LogP contribution in [0.1, 0.15) is 0 Å². The number of halogens is 5. The van der Waals surface area contributed by atoms with Gasteiger partial charge in [-0.3, -0.25) is 0 Å². The first-order valence-corrected chi connectivity index (χ1v) is 7.13. The summed E-state index contributed by atoms with van der Waals surface area (Å²) in [4.78, 5) is 7.86. The van der Waals surface area contributed by atoms with Gasteiger partial charge in [0.2, 0.25) is 0 Å². The van der Waals surface area contributed by atoms with Gasteiger partial charge in [-0.05, 0) is 30.3 Å². The van der Waals surface area contributed by atoms with E-state index in [1.807, 2.05) is 0 Å². The summed E-state index contributed by atoms with van der Waals surface area (Å²) in [6.07, 6.45) is -4.53. The molecule has 0 aliphatic carbocycles. The third-order valence-electron chi connectivity index (χ3n) is 3.13. The standard InChI is InChI=1S/C16H9ClF4N2O/c17-9-5-6-13-11(7-9)14(10-3-1-2-4-12(10)18)23-15(22-13)24-8-16(19,20)21/h1-7H,8H2. The van der Waals surface area contributed by atoms with Crippen molar-refractivity contribution < 1.29 is 22.3 Å². The van der Waals surface area contributed by atoms with Crippen LogP contribution in [0.15, 0.2) is 42.5 Å². The molecule has 3 rings (SSSR count). The smallest absolute Gasteiger partial charge is 0.422 e. The molecule has 0 amide bonds. The second-order valence-corrected chi connectivity index (χ2v) is 5.34. The van der Waals surface area contributed by atoms with E-state index in [4.69, 9.17) is 11.6 Å². The summed E-state index contributed by atoms with van der Waals surface area (Å²) in [6, 6.07) is 9.84. The lowest BCUT2D eigenvalue weighted by atomic mass is 10.1. The zero-order chi connectivity index (χ0) is 17.3. The first kappa shape index (κ1) is 16.4. The predicted octanol–water partition coefficient (Wildman–Crippen LogP) is 5.03. The maximum Gasteiger partial charge on any atom is 0.422 e. The fraction of sp³-hybridized carbons (Fsp3) is 0.125. The zero-order valence-corrected chi connectivity index (χ0v) is 12.7. The summed E-state index contributed by atoms with van der Waals surface area (Å²) in [5.41, 5.74) is 0.520. The number of aromatic nitrogens is 2. The molecule has 0 radical (unpaired) electrons. The molecular weight excluding hydrogens is 348 g/mol. The Morgan fingerprint density at radius 1 is 1.04 bits per heavy atom. The maximum absolute atomic E-state index is 14.1. The average molecular weight is 357 g/mol. The molecule has 1 heterocycles. The van der Waals surface area contributed by atoms with Gasteiger partial charge in [0.15, 0.2) is 6.61 Å². The lowest BCUT2D eigenvalue weighted by molar-refractivity contribution is -0.154. The highest BCUT2D eigenvalue weighted by Crippen LogP contribution is 2.31. The molecule has 3 aromatic rings. The number of ether oxygens (including phenoxy) is 1. The van der Waals surface area contributed by atoms with E-state index < -0.39 is 24.6 Å². The first-order chi connectivity index (χ1) is 11.3. The van der Waals surface area contributed by atoms with Gasteiger partial charge in [-0.2, -0.15) is 23.1 Å². The SMILES string of the molecule is Fc1ccccc1-c1nc(OCC(F)(F)F)nc2ccc(Cl)cc12. The van der Waals surface area contributed by atoms with Crippen molar-refractivity contribution in [3.63, 3.8) is 0 Å². The number of alkyl halides is 3. The van der Waals surface area contributed by atoms with E-state index in [2.05, 4.69) is 14.7 Å². The van der Waals surface area contributed by atoms with Gasteiger partial charge in [0.25, 0.3) is 0 Å². The Kier molecular flexibility index (Phi) is 4.28. The Balaban J connectivity index is 2.17. The third-order valence-corrected chi connectivity index (χ3v) is 3.37. The van der Waals surface area contributed by atoms with Gasteiger partial charge < -0.3 is 4.74 Å². The van der Waals surface area contributed by atoms with Crippen molar-refractivity contribution in [1.29, 1.82) is 0 Å². The Labute approximate surface area is 138 Å². The topological polar surface area (TPSA) is 35.0 Å². The molecule has 0 aliphatic heterocycles. The molecule has 0 atom stereocenters. The van der Waals surface area contributed by atoms with E-state index in [1.54, 1.807) is 6.07 Å². The molecule has 1 aromatic heterocycles. The highest BCUT2D eigenvalue weighted by molar-refractivity contribution is 6.31. The molecule has 24 heavy (non-hydrogen) atoms. The molecule has 0 spiro atoms. The normalized spacial score (nSPS) is 11.7. The second-order valence-electron chi connectivity index (χ2n) is 4.90. The van der Waals surface area contributed by atoms with Crippen LogP contribution in [0.5, 0.6) is 6.01 Å². The van der Waals surface area contributed by atoms with Crippen molar-refractivity contribution in [3.8, 4) is 17.3 Å². The second kappa shape index (κ2) is 6.24. The molecule has 0 aliphatic rings. The minimum atomic E-state index is -4.53. The lowest BCUT2D eigenvalue weighted by Crippen LogP contribution is -2.20. The fourth-order valence-electron chi connectivity index (χ4n) is 2.15. The van der Waals surface area contributed by atoms with E-state index in [0.717, 1.165) is 0 Å². The summed E-state index contributed by atoms with van der Waals surface area (Å²) in [5.74, 6) is -0.570. The van der Waals surface area contributed by atoms with Gasteiger partial charge in [-0.15, -0.1) is 0 Å². The van der Waals surface area contributed by atoms with Gasteiger partial charge in [0.1, 0.15) is 5.82 Å². The van der Waals surface area contributed by atoms with Crippen LogP contribution >= 0.6 is 11.6 Å². The maximum atomic E-state index is 14.1. The lowest BCUT2D eigenvalue weighted by Gasteiger charge is -2.11. The van der Waals surface area contributed by atoms with Gasteiger partial charge in [0.05, 0.1) is 11.2 Å². The first-order valence-electron chi connectivity index (χ1n) is 6.75. The summed E-state index contributed by atoms with van der Waals surface area (Å²) < 4.78 is 55.7. The molecule has 0 saturated heterocycles. The summed E-state index contributed by atoms with van der Waals surface area (Å²) in [6.45, 7) is -1.54. The van der Waals surface area contributed by atoms with Gasteiger partial charge in [-0.25, -0.2) is 4.39 Å². The average Bonchev–Trinajstić information content (AvgIpc) is 2.52. The van der Waals surface area contributed by atoms with E-state index in [0.29, 0.717) is 15.9 Å². The number of hydrogen-bond acceptors (Lipinski definition) is 3. The van der Waals surface area contributed by atoms with Crippen molar-refractivity contribution in [3.05, 3.63) is 53.3 Å². The highest BCUT2D eigenvalue weighted by atomic mass is 35.5. The Bertz CT molecular complexity index is 899. The summed E-state index contributed by atoms with van der Waals surface area (Å²) in [7, 11) is 0. The fourth-order valence-corrected chi connectivity index (χ4v) is 2.32. The zero-order valence-electron chi connectivity index (χ0n) is 11.9. The van der Waals surface area contributed by atoms with Crippen LogP contribution in [0.25, 0.3) is 22.2 Å². The number of nitrogens with zero attached hydrogens (tertiary/aromatic N) is 2. The molecule has 0 fully saturated rings. The molecule has 0 saturated carbocycles. The van der Waals surface area contributed by atoms with Crippen molar-refractivity contribution in [2.75, 3.05) is 6.61 Å². The molecule has 0 N–H and O–H groups in total. The van der Waals surface area contributed by atoms with E-state index in [9.17, 15) is 17.6 Å². The number of benzene rings is 2. The molecule has 0 unspecified atom stereocenters. The molecule has 8 heteroatoms. The van der Waals surface area contributed by atoms with Gasteiger partial charge >= 0.3 is 12.2 Å². The van der Waals surface area contributed by atoms with Crippen molar-refractivity contribution in [2.24, 2.45) is 0 Å². The van der Waals surface area contributed by atoms with E-state index >= 15 is 0 Å². The van der Waals surface area contributed by atoms with Crippen molar-refractivity contribution in [1.82, 2.24) is 9.97 Å². The quantitative estimate of drug-likeness (QED) is 0.617. The monoisotopic (exact) mass is 356 g/mol. The number of rotatable bonds is 3. The van der Waals surface area contributed by atoms with Crippen LogP contribution in [0.4, 0.5) is 17.6 Å². The summed E-state index contributed by atoms with van der Waals surface area (Å²) in [5, 5.41) is 0.777. The van der Waals surface area contributed by atoms with Crippen LogP contribution in [-0.4, -0.2) is 22.8 Å². The molecule has 3 nitrogen and oxygen atoms in total. The Morgan fingerprint density at radius 2 is 1.79 bits per heavy atom. The van der Waals surface area contributed by atoms with Crippen LogP contribution in [0.3, 0.4) is 0 Å². The van der Waals surface area contributed by atoms with Crippen LogP contribution < -0.4 is 4.74 Å². The minimum absolute atomic E-state index is 0.109. The largest absolute Gasteiger partial charge is 0.454 e. The van der Waals surface area contributed by atoms with E-state index in [-0.39, 0.29) is 11.3 Å². The third kappa shape index (κ3) is 3.56. The van der Waals surface area contributed by atoms with Crippen LogP contribution in [0.2, 0.25) is 5.02 Å². The number of hydrogen-bond donors (Lipinski definition) is 0. The molecule has 0 bridgehead atoms. The Morgan fingerprint density at radius 3 is 2.50 bits per heavy atom. The molecular formula is C16H9ClF4N2O. The van der Waals surface area contributed by atoms with Crippen molar-refractivity contribution >= 4 is 22.5 Å². The number of fused-ring (bicyclic) bond motifs is 1. The highest BCUT2D eigenvalue weighted by Gasteiger charge is 2.29. The van der Waals surface area contributed by atoms with E-state index in [1.165, 1.54) is 36.4 Å². The molecule has 2 aromatic carbocycles. The Hall–Kier alpha value is -2.41. The predicted molar refractivity (Wildman–Crippen MR) is 81.5 cm³/mol. The molecule has 124 valence electrons.